The molecule has 5 rings (SSSR count). The lowest BCUT2D eigenvalue weighted by Gasteiger charge is -2.21. The van der Waals surface area contributed by atoms with Crippen LogP contribution in [0.4, 0.5) is 5.69 Å². The second kappa shape index (κ2) is 9.04. The van der Waals surface area contributed by atoms with Crippen LogP contribution in [0.5, 0.6) is 0 Å². The number of anilines is 1. The standard InChI is InChI=1S/C25H21N7O2S/c1-31(20-7-3-2-4-8-20)35(33,34)21-9-5-6-18(14-21)23(10-12-26)32-16-19(15-30-32)24-22-11-13-27-25(22)29-17-28-24/h2-9,11,13-17,23H,10H2,1H3,(H,27,28,29). The van der Waals surface area contributed by atoms with Crippen LogP contribution in [0.15, 0.2) is 90.5 Å². The molecule has 1 N–H and O–H groups in total. The van der Waals surface area contributed by atoms with Gasteiger partial charge < -0.3 is 4.98 Å². The number of hydrogen-bond acceptors (Lipinski definition) is 6. The normalized spacial score (nSPS) is 12.3. The summed E-state index contributed by atoms with van der Waals surface area (Å²) in [5, 5.41) is 14.0. The van der Waals surface area contributed by atoms with Gasteiger partial charge >= 0.3 is 0 Å². The van der Waals surface area contributed by atoms with Gasteiger partial charge in [0, 0.05) is 30.6 Å². The average molecular weight is 484 g/mol. The van der Waals surface area contributed by atoms with Crippen LogP contribution in [-0.2, 0) is 10.0 Å². The first-order chi connectivity index (χ1) is 17.0. The Morgan fingerprint density at radius 1 is 1.11 bits per heavy atom. The molecule has 0 radical (unpaired) electrons. The zero-order chi connectivity index (χ0) is 24.4. The number of nitrogens with zero attached hydrogens (tertiary/aromatic N) is 6. The zero-order valence-corrected chi connectivity index (χ0v) is 19.6. The van der Waals surface area contributed by atoms with Crippen molar-refractivity contribution in [1.82, 2.24) is 24.7 Å². The molecule has 1 atom stereocenters. The van der Waals surface area contributed by atoms with Gasteiger partial charge in [-0.15, -0.1) is 0 Å². The minimum Gasteiger partial charge on any atom is -0.331 e. The maximum absolute atomic E-state index is 13.3. The Hall–Kier alpha value is -4.49. The molecule has 0 spiro atoms. The van der Waals surface area contributed by atoms with Crippen LogP contribution < -0.4 is 4.31 Å². The van der Waals surface area contributed by atoms with Gasteiger partial charge in [0.1, 0.15) is 5.82 Å². The quantitative estimate of drug-likeness (QED) is 0.372. The molecule has 0 saturated carbocycles. The molecule has 2 aromatic carbocycles. The average Bonchev–Trinajstić information content (AvgIpc) is 3.57. The number of aromatic nitrogens is 5. The van der Waals surface area contributed by atoms with Gasteiger partial charge in [0.2, 0.25) is 0 Å². The predicted octanol–water partition coefficient (Wildman–Crippen LogP) is 4.10. The van der Waals surface area contributed by atoms with E-state index in [2.05, 4.69) is 26.1 Å². The van der Waals surface area contributed by atoms with Gasteiger partial charge in [-0.1, -0.05) is 30.3 Å². The summed E-state index contributed by atoms with van der Waals surface area (Å²) in [4.78, 5) is 11.8. The van der Waals surface area contributed by atoms with Crippen LogP contribution in [0, 0.1) is 11.3 Å². The number of para-hydroxylation sites is 1. The molecule has 1 aromatic heterocycles. The molecule has 10 heteroatoms. The summed E-state index contributed by atoms with van der Waals surface area (Å²) in [5.41, 5.74) is 3.58. The van der Waals surface area contributed by atoms with Crippen molar-refractivity contribution in [1.29, 1.82) is 5.26 Å². The molecule has 3 heterocycles. The van der Waals surface area contributed by atoms with Crippen molar-refractivity contribution >= 4 is 15.7 Å². The maximum Gasteiger partial charge on any atom is 0.264 e. The number of aromatic amines is 1. The fourth-order valence-electron chi connectivity index (χ4n) is 4.00. The first kappa shape index (κ1) is 22.3. The van der Waals surface area contributed by atoms with Gasteiger partial charge in [-0.05, 0) is 35.9 Å². The lowest BCUT2D eigenvalue weighted by molar-refractivity contribution is 0.531. The lowest BCUT2D eigenvalue weighted by Crippen LogP contribution is -2.26. The molecule has 1 unspecified atom stereocenters. The number of rotatable bonds is 7. The Balaban J connectivity index is 1.50. The summed E-state index contributed by atoms with van der Waals surface area (Å²) in [5.74, 6) is 0.719. The molecule has 0 saturated heterocycles. The highest BCUT2D eigenvalue weighted by molar-refractivity contribution is 7.92. The van der Waals surface area contributed by atoms with Crippen molar-refractivity contribution in [2.24, 2.45) is 0 Å². The molecule has 9 nitrogen and oxygen atoms in total. The summed E-state index contributed by atoms with van der Waals surface area (Å²) in [6.07, 6.45) is 6.89. The molecule has 2 aliphatic heterocycles. The molecule has 0 fully saturated rings. The van der Waals surface area contributed by atoms with Gasteiger partial charge in [0.25, 0.3) is 10.0 Å². The van der Waals surface area contributed by atoms with E-state index in [-0.39, 0.29) is 11.3 Å². The van der Waals surface area contributed by atoms with Crippen LogP contribution in [0.3, 0.4) is 0 Å². The van der Waals surface area contributed by atoms with Crippen molar-refractivity contribution in [3.63, 3.8) is 0 Å². The van der Waals surface area contributed by atoms with Gasteiger partial charge in [0.15, 0.2) is 0 Å². The first-order valence-corrected chi connectivity index (χ1v) is 12.3. The number of H-pyrrole nitrogens is 1. The van der Waals surface area contributed by atoms with Crippen LogP contribution in [0.2, 0.25) is 0 Å². The number of benzene rings is 2. The Morgan fingerprint density at radius 3 is 2.74 bits per heavy atom. The highest BCUT2D eigenvalue weighted by atomic mass is 32.2. The summed E-state index contributed by atoms with van der Waals surface area (Å²) in [6, 6.07) is 19.1. The molecular weight excluding hydrogens is 462 g/mol. The van der Waals surface area contributed by atoms with E-state index in [0.717, 1.165) is 22.6 Å². The minimum absolute atomic E-state index is 0.114. The smallest absolute Gasteiger partial charge is 0.264 e. The van der Waals surface area contributed by atoms with Crippen LogP contribution in [-0.4, -0.2) is 40.2 Å². The van der Waals surface area contributed by atoms with E-state index in [0.29, 0.717) is 11.3 Å². The van der Waals surface area contributed by atoms with Crippen molar-refractivity contribution < 1.29 is 8.42 Å². The van der Waals surface area contributed by atoms with E-state index in [1.165, 1.54) is 11.4 Å². The molecule has 2 aliphatic rings. The Morgan fingerprint density at radius 2 is 1.94 bits per heavy atom. The van der Waals surface area contributed by atoms with Crippen LogP contribution in [0.25, 0.3) is 22.6 Å². The fraction of sp³-hybridized carbons (Fsp3) is 0.120. The Bertz CT molecular complexity index is 1590. The molecule has 3 aromatic rings. The molecular formula is C25H21N7O2S. The molecule has 35 heavy (non-hydrogen) atoms. The maximum atomic E-state index is 13.3. The van der Waals surface area contributed by atoms with Gasteiger partial charge in [0.05, 0.1) is 47.3 Å². The second-order valence-electron chi connectivity index (χ2n) is 7.93. The van der Waals surface area contributed by atoms with E-state index >= 15 is 0 Å². The number of nitrogens with one attached hydrogen (secondary N) is 1. The van der Waals surface area contributed by atoms with Gasteiger partial charge in [-0.3, -0.25) is 8.99 Å². The number of sulfonamides is 1. The zero-order valence-electron chi connectivity index (χ0n) is 18.8. The van der Waals surface area contributed by atoms with E-state index in [9.17, 15) is 13.7 Å². The summed E-state index contributed by atoms with van der Waals surface area (Å²) >= 11 is 0. The first-order valence-electron chi connectivity index (χ1n) is 10.8. The monoisotopic (exact) mass is 483 g/mol. The van der Waals surface area contributed by atoms with Crippen molar-refractivity contribution in [2.45, 2.75) is 17.4 Å². The summed E-state index contributed by atoms with van der Waals surface area (Å²) in [6.45, 7) is 0. The third-order valence-electron chi connectivity index (χ3n) is 5.85. The number of hydrogen-bond donors (Lipinski definition) is 1. The Kier molecular flexibility index (Phi) is 5.76. The van der Waals surface area contributed by atoms with Gasteiger partial charge in [-0.25, -0.2) is 18.4 Å². The van der Waals surface area contributed by atoms with E-state index in [1.54, 1.807) is 71.9 Å². The van der Waals surface area contributed by atoms with Crippen molar-refractivity contribution in [3.8, 4) is 28.7 Å². The minimum atomic E-state index is -3.80. The number of fused-ring (bicyclic) bond motifs is 1. The lowest BCUT2D eigenvalue weighted by atomic mass is 10.0. The third kappa shape index (κ3) is 4.13. The van der Waals surface area contributed by atoms with Crippen LogP contribution in [0.1, 0.15) is 18.0 Å². The largest absolute Gasteiger partial charge is 0.331 e. The third-order valence-corrected chi connectivity index (χ3v) is 7.63. The summed E-state index contributed by atoms with van der Waals surface area (Å²) in [7, 11) is -2.28. The molecule has 0 aliphatic carbocycles. The predicted molar refractivity (Wildman–Crippen MR) is 131 cm³/mol. The number of nitriles is 1. The SMILES string of the molecule is CN(c1ccccc1)S(=O)(=O)c1cccc(C(CC#N)n2cc(-c3nc[nH]c4nccc3-4)cn2)c1. The molecule has 0 amide bonds. The van der Waals surface area contributed by atoms with Crippen molar-refractivity contribution in [3.05, 3.63) is 91.1 Å². The topological polar surface area (TPSA) is 121 Å². The van der Waals surface area contributed by atoms with E-state index in [1.807, 2.05) is 18.3 Å². The second-order valence-corrected chi connectivity index (χ2v) is 9.90. The highest BCUT2D eigenvalue weighted by Gasteiger charge is 2.24. The molecule has 174 valence electrons. The summed E-state index contributed by atoms with van der Waals surface area (Å²) < 4.78 is 29.5. The van der Waals surface area contributed by atoms with Crippen molar-refractivity contribution in [2.75, 3.05) is 11.4 Å². The van der Waals surface area contributed by atoms with Crippen LogP contribution >= 0.6 is 0 Å². The van der Waals surface area contributed by atoms with E-state index < -0.39 is 16.1 Å². The Labute approximate surface area is 202 Å². The molecule has 0 bridgehead atoms. The van der Waals surface area contributed by atoms with Gasteiger partial charge in [-0.2, -0.15) is 10.4 Å². The highest BCUT2D eigenvalue weighted by Crippen LogP contribution is 2.31. The van der Waals surface area contributed by atoms with E-state index in [4.69, 9.17) is 0 Å². The fourth-order valence-corrected chi connectivity index (χ4v) is 5.25.